The molecule has 0 bridgehead atoms. The molecule has 1 N–H and O–H groups in total. The minimum Gasteiger partial charge on any atom is -0.419 e. The molecular weight excluding hydrogens is 487 g/mol. The number of terminal acetylenes is 1. The van der Waals surface area contributed by atoms with E-state index >= 15 is 4.39 Å². The van der Waals surface area contributed by atoms with Gasteiger partial charge in [-0.2, -0.15) is 0 Å². The number of benzene rings is 2. The van der Waals surface area contributed by atoms with Gasteiger partial charge in [0.25, 0.3) is 0 Å². The van der Waals surface area contributed by atoms with E-state index in [1.807, 2.05) is 0 Å². The molecule has 0 aliphatic heterocycles. The second-order valence-electron chi connectivity index (χ2n) is 8.31. The number of aromatic nitrogens is 1. The smallest absolute Gasteiger partial charge is 0.419 e. The van der Waals surface area contributed by atoms with Crippen molar-refractivity contribution < 1.29 is 32.5 Å². The molecule has 3 unspecified atom stereocenters. The number of aliphatic hydroxyl groups is 1. The molecule has 0 aliphatic rings. The van der Waals surface area contributed by atoms with Gasteiger partial charge in [-0.15, -0.1) is 10.9 Å². The Labute approximate surface area is 209 Å². The highest BCUT2D eigenvalue weighted by Crippen LogP contribution is 2.46. The molecule has 6 nitrogen and oxygen atoms in total. The summed E-state index contributed by atoms with van der Waals surface area (Å²) < 4.78 is 52.9. The lowest BCUT2D eigenvalue weighted by atomic mass is 9.96. The second kappa shape index (κ2) is 11.0. The van der Waals surface area contributed by atoms with Crippen molar-refractivity contribution in [3.05, 3.63) is 71.9 Å². The van der Waals surface area contributed by atoms with E-state index in [0.717, 1.165) is 19.2 Å². The van der Waals surface area contributed by atoms with Crippen molar-refractivity contribution in [2.45, 2.75) is 37.9 Å². The van der Waals surface area contributed by atoms with Crippen molar-refractivity contribution in [2.75, 3.05) is 7.11 Å². The summed E-state index contributed by atoms with van der Waals surface area (Å²) in [5.74, 6) is -1.24. The zero-order valence-corrected chi connectivity index (χ0v) is 21.1. The third-order valence-electron chi connectivity index (χ3n) is 5.63. The largest absolute Gasteiger partial charge is 0.542 e. The number of pyridine rings is 1. The first kappa shape index (κ1) is 27.1. The lowest BCUT2D eigenvalue weighted by molar-refractivity contribution is -0.138. The number of hydrogen-bond donors (Lipinski definition) is 1. The highest BCUT2D eigenvalue weighted by molar-refractivity contribution is 7.43. The molecule has 0 saturated carbocycles. The van der Waals surface area contributed by atoms with Gasteiger partial charge in [0.1, 0.15) is 17.6 Å². The van der Waals surface area contributed by atoms with Crippen LogP contribution < -0.4 is 4.74 Å². The van der Waals surface area contributed by atoms with E-state index in [0.29, 0.717) is 5.56 Å². The van der Waals surface area contributed by atoms with Gasteiger partial charge in [0.05, 0.1) is 18.4 Å². The number of halogens is 2. The van der Waals surface area contributed by atoms with Crippen molar-refractivity contribution in [2.24, 2.45) is 0 Å². The summed E-state index contributed by atoms with van der Waals surface area (Å²) in [5, 5.41) is 7.95. The number of carbonyl (C=O) groups is 1. The van der Waals surface area contributed by atoms with Crippen molar-refractivity contribution in [1.82, 2.24) is 4.98 Å². The Balaban J connectivity index is 2.35. The number of hydrogen-bond acceptors (Lipinski definition) is 6. The van der Waals surface area contributed by atoms with Gasteiger partial charge in [-0.25, -0.2) is 18.6 Å². The van der Waals surface area contributed by atoms with Gasteiger partial charge < -0.3 is 9.84 Å². The molecule has 0 amide bonds. The SMILES string of the molecule is C#CC(C(=O)Oc1c(C(C)C)nc(-c2ccccc2)c(F)c1-c1ccc(F)cc1)(C(C)O)[P+](=O)OC. The summed E-state index contributed by atoms with van der Waals surface area (Å²) in [4.78, 5) is 17.9. The molecule has 9 heteroatoms. The molecule has 0 fully saturated rings. The lowest BCUT2D eigenvalue weighted by Crippen LogP contribution is -2.46. The highest BCUT2D eigenvalue weighted by Gasteiger charge is 2.63. The first-order valence-corrected chi connectivity index (χ1v) is 12.2. The molecule has 0 radical (unpaired) electrons. The van der Waals surface area contributed by atoms with Crippen molar-refractivity contribution in [3.63, 3.8) is 0 Å². The Morgan fingerprint density at radius 1 is 1.08 bits per heavy atom. The van der Waals surface area contributed by atoms with E-state index in [1.54, 1.807) is 44.2 Å². The normalized spacial score (nSPS) is 14.0. The molecular formula is C27H25F2NO5P+. The third-order valence-corrected chi connectivity index (χ3v) is 7.22. The second-order valence-corrected chi connectivity index (χ2v) is 9.89. The number of nitrogens with zero attached hydrogens (tertiary/aromatic N) is 1. The number of ether oxygens (including phenoxy) is 1. The number of aliphatic hydroxyl groups excluding tert-OH is 1. The van der Waals surface area contributed by atoms with Crippen LogP contribution in [0.25, 0.3) is 22.4 Å². The summed E-state index contributed by atoms with van der Waals surface area (Å²) >= 11 is 0. The molecule has 2 aromatic carbocycles. The Morgan fingerprint density at radius 2 is 1.69 bits per heavy atom. The molecule has 0 saturated heterocycles. The van der Waals surface area contributed by atoms with Gasteiger partial charge in [-0.1, -0.05) is 56.3 Å². The molecule has 186 valence electrons. The minimum atomic E-state index is -2.92. The number of rotatable bonds is 8. The number of esters is 1. The zero-order valence-electron chi connectivity index (χ0n) is 20.2. The summed E-state index contributed by atoms with van der Waals surface area (Å²) in [5.41, 5.74) is 0.720. The van der Waals surface area contributed by atoms with Crippen LogP contribution >= 0.6 is 8.03 Å². The molecule has 3 aromatic rings. The molecule has 1 heterocycles. The quantitative estimate of drug-likeness (QED) is 0.231. The van der Waals surface area contributed by atoms with Crippen molar-refractivity contribution >= 4 is 14.0 Å². The maximum Gasteiger partial charge on any atom is 0.542 e. The van der Waals surface area contributed by atoms with Crippen LogP contribution in [-0.2, 0) is 13.9 Å². The molecule has 1 aromatic heterocycles. The fraction of sp³-hybridized carbons (Fsp3) is 0.259. The third kappa shape index (κ3) is 4.91. The fourth-order valence-electron chi connectivity index (χ4n) is 3.67. The summed E-state index contributed by atoms with van der Waals surface area (Å²) in [7, 11) is -1.85. The van der Waals surface area contributed by atoms with Gasteiger partial charge in [0.2, 0.25) is 0 Å². The van der Waals surface area contributed by atoms with Crippen LogP contribution in [0.2, 0.25) is 0 Å². The lowest BCUT2D eigenvalue weighted by Gasteiger charge is -2.23. The standard InChI is InChI=1S/C27H25F2NO5P/c1-6-27(17(4)31,36(33)34-5)26(32)35-25-21(18-12-14-20(28)15-13-18)22(29)24(30-23(25)16(2)3)19-10-8-7-9-11-19/h1,7-17,31H,2-5H3/q+1. The molecule has 3 atom stereocenters. The van der Waals surface area contributed by atoms with E-state index in [-0.39, 0.29) is 34.2 Å². The van der Waals surface area contributed by atoms with Gasteiger partial charge in [-0.3, -0.25) is 0 Å². The Bertz CT molecular complexity index is 1320. The Kier molecular flexibility index (Phi) is 8.31. The Hall–Kier alpha value is -3.50. The van der Waals surface area contributed by atoms with Gasteiger partial charge in [0, 0.05) is 5.56 Å². The summed E-state index contributed by atoms with van der Waals surface area (Å²) in [6, 6.07) is 13.5. The number of carbonyl (C=O) groups excluding carboxylic acids is 1. The minimum absolute atomic E-state index is 0.000122. The summed E-state index contributed by atoms with van der Waals surface area (Å²) in [6.07, 6.45) is 3.90. The maximum atomic E-state index is 16.1. The molecule has 36 heavy (non-hydrogen) atoms. The van der Waals surface area contributed by atoms with Gasteiger partial charge >= 0.3 is 19.2 Å². The predicted octanol–water partition coefficient (Wildman–Crippen LogP) is 5.86. The predicted molar refractivity (Wildman–Crippen MR) is 133 cm³/mol. The highest BCUT2D eigenvalue weighted by atomic mass is 31.1. The average molecular weight is 512 g/mol. The van der Waals surface area contributed by atoms with Crippen molar-refractivity contribution in [1.29, 1.82) is 0 Å². The van der Waals surface area contributed by atoms with Crippen LogP contribution in [-0.4, -0.2) is 34.4 Å². The van der Waals surface area contributed by atoms with Gasteiger partial charge in [-0.05, 0) is 41.0 Å². The van der Waals surface area contributed by atoms with Gasteiger partial charge in [0.15, 0.2) is 11.6 Å². The fourth-order valence-corrected chi connectivity index (χ4v) is 4.56. The van der Waals surface area contributed by atoms with E-state index in [9.17, 15) is 18.9 Å². The first-order chi connectivity index (χ1) is 17.1. The Morgan fingerprint density at radius 3 is 2.19 bits per heavy atom. The first-order valence-electron chi connectivity index (χ1n) is 11.0. The van der Waals surface area contributed by atoms with Crippen LogP contribution in [0.15, 0.2) is 54.6 Å². The van der Waals surface area contributed by atoms with Crippen LogP contribution in [0.5, 0.6) is 5.75 Å². The monoisotopic (exact) mass is 512 g/mol. The molecule has 0 spiro atoms. The van der Waals surface area contributed by atoms with E-state index < -0.39 is 36.9 Å². The van der Waals surface area contributed by atoms with E-state index in [1.165, 1.54) is 19.1 Å². The van der Waals surface area contributed by atoms with Crippen LogP contribution in [0.1, 0.15) is 32.4 Å². The van der Waals surface area contributed by atoms with E-state index in [2.05, 4.69) is 10.9 Å². The molecule has 0 aliphatic carbocycles. The van der Waals surface area contributed by atoms with E-state index in [4.69, 9.17) is 15.7 Å². The topological polar surface area (TPSA) is 85.7 Å². The van der Waals surface area contributed by atoms with Crippen LogP contribution in [0.4, 0.5) is 8.78 Å². The zero-order chi connectivity index (χ0) is 26.6. The van der Waals surface area contributed by atoms with Crippen LogP contribution in [0.3, 0.4) is 0 Å². The van der Waals surface area contributed by atoms with Crippen molar-refractivity contribution in [3.8, 4) is 40.5 Å². The average Bonchev–Trinajstić information content (AvgIpc) is 2.85. The van der Waals surface area contributed by atoms with Crippen LogP contribution in [0, 0.1) is 24.0 Å². The maximum absolute atomic E-state index is 16.1. The molecule has 3 rings (SSSR count). The summed E-state index contributed by atoms with van der Waals surface area (Å²) in [6.45, 7) is 4.70.